The number of nitrogens with zero attached hydrogens (tertiary/aromatic N) is 3. The lowest BCUT2D eigenvalue weighted by Gasteiger charge is -2.32. The van der Waals surface area contributed by atoms with Gasteiger partial charge >= 0.3 is 5.63 Å². The lowest BCUT2D eigenvalue weighted by atomic mass is 9.98. The van der Waals surface area contributed by atoms with E-state index in [9.17, 15) is 9.59 Å². The van der Waals surface area contributed by atoms with E-state index in [1.54, 1.807) is 11.1 Å². The first-order chi connectivity index (χ1) is 15.6. The van der Waals surface area contributed by atoms with Crippen LogP contribution in [0.1, 0.15) is 43.4 Å². The van der Waals surface area contributed by atoms with Crippen LogP contribution in [0.25, 0.3) is 11.0 Å². The molecule has 2 atom stereocenters. The first-order valence-electron chi connectivity index (χ1n) is 11.3. The van der Waals surface area contributed by atoms with Crippen LogP contribution in [0.4, 0.5) is 0 Å². The monoisotopic (exact) mass is 429 g/mol. The summed E-state index contributed by atoms with van der Waals surface area (Å²) in [5, 5.41) is 7.10. The van der Waals surface area contributed by atoms with Gasteiger partial charge in [0.25, 0.3) is 5.91 Å². The quantitative estimate of drug-likeness (QED) is 0.583. The lowest BCUT2D eigenvalue weighted by molar-refractivity contribution is -0.134. The van der Waals surface area contributed by atoms with Crippen molar-refractivity contribution in [3.63, 3.8) is 0 Å². The van der Waals surface area contributed by atoms with Gasteiger partial charge in [-0.05, 0) is 43.0 Å². The van der Waals surface area contributed by atoms with Gasteiger partial charge in [0.2, 0.25) is 0 Å². The predicted octanol–water partition coefficient (Wildman–Crippen LogP) is 4.20. The van der Waals surface area contributed by atoms with Gasteiger partial charge in [-0.25, -0.2) is 9.80 Å². The molecule has 1 aromatic heterocycles. The Morgan fingerprint density at radius 2 is 1.91 bits per heavy atom. The first-order valence-corrected chi connectivity index (χ1v) is 11.3. The molecular formula is C26H27N3O3. The second-order valence-electron chi connectivity index (χ2n) is 8.88. The van der Waals surface area contributed by atoms with E-state index >= 15 is 0 Å². The van der Waals surface area contributed by atoms with Crippen molar-refractivity contribution in [2.75, 3.05) is 19.6 Å². The molecule has 0 saturated carbocycles. The maximum atomic E-state index is 13.4. The molecule has 0 bridgehead atoms. The third-order valence-corrected chi connectivity index (χ3v) is 6.40. The van der Waals surface area contributed by atoms with Gasteiger partial charge in [0.1, 0.15) is 5.58 Å². The summed E-state index contributed by atoms with van der Waals surface area (Å²) in [6, 6.07) is 18.9. The van der Waals surface area contributed by atoms with Gasteiger partial charge in [-0.3, -0.25) is 9.69 Å². The molecule has 1 saturated heterocycles. The van der Waals surface area contributed by atoms with E-state index in [1.807, 2.05) is 54.6 Å². The highest BCUT2D eigenvalue weighted by Gasteiger charge is 2.35. The van der Waals surface area contributed by atoms with Crippen molar-refractivity contribution in [2.24, 2.45) is 11.0 Å². The van der Waals surface area contributed by atoms with Crippen LogP contribution in [0.5, 0.6) is 0 Å². The summed E-state index contributed by atoms with van der Waals surface area (Å²) in [5.41, 5.74) is 2.15. The summed E-state index contributed by atoms with van der Waals surface area (Å²) >= 11 is 0. The number of piperidine rings is 1. The van der Waals surface area contributed by atoms with Crippen molar-refractivity contribution in [3.8, 4) is 0 Å². The molecule has 1 fully saturated rings. The summed E-state index contributed by atoms with van der Waals surface area (Å²) < 4.78 is 5.53. The fourth-order valence-electron chi connectivity index (χ4n) is 4.79. The summed E-state index contributed by atoms with van der Waals surface area (Å²) in [5.74, 6) is 0.564. The van der Waals surface area contributed by atoms with Crippen LogP contribution in [0, 0.1) is 5.92 Å². The SMILES string of the molecule is CC1CCCN(CC(=O)N2N=C(c3cc4ccccc4oc3=O)CC2c2ccccc2)C1. The zero-order chi connectivity index (χ0) is 22.1. The van der Waals surface area contributed by atoms with Gasteiger partial charge in [-0.1, -0.05) is 55.5 Å². The number of amides is 1. The maximum absolute atomic E-state index is 13.4. The number of likely N-dealkylation sites (tertiary alicyclic amines) is 1. The Morgan fingerprint density at radius 1 is 1.12 bits per heavy atom. The minimum atomic E-state index is -0.423. The molecule has 3 aromatic rings. The second-order valence-corrected chi connectivity index (χ2v) is 8.88. The number of fused-ring (bicyclic) bond motifs is 1. The van der Waals surface area contributed by atoms with E-state index in [0.29, 0.717) is 35.7 Å². The van der Waals surface area contributed by atoms with Crippen molar-refractivity contribution in [3.05, 3.63) is 82.2 Å². The Morgan fingerprint density at radius 3 is 2.72 bits per heavy atom. The van der Waals surface area contributed by atoms with E-state index in [4.69, 9.17) is 4.42 Å². The van der Waals surface area contributed by atoms with Gasteiger partial charge in [-0.15, -0.1) is 0 Å². The highest BCUT2D eigenvalue weighted by Crippen LogP contribution is 2.33. The van der Waals surface area contributed by atoms with Crippen LogP contribution in [-0.4, -0.2) is 41.2 Å². The van der Waals surface area contributed by atoms with Crippen molar-refractivity contribution in [1.82, 2.24) is 9.91 Å². The van der Waals surface area contributed by atoms with Gasteiger partial charge in [0.15, 0.2) is 0 Å². The molecule has 6 heteroatoms. The third kappa shape index (κ3) is 4.10. The van der Waals surface area contributed by atoms with Gasteiger partial charge in [0, 0.05) is 18.4 Å². The van der Waals surface area contributed by atoms with Gasteiger partial charge in [-0.2, -0.15) is 5.10 Å². The Balaban J connectivity index is 1.48. The molecule has 32 heavy (non-hydrogen) atoms. The molecule has 1 amide bonds. The number of benzene rings is 2. The average Bonchev–Trinajstić information content (AvgIpc) is 3.25. The first kappa shape index (κ1) is 20.6. The fraction of sp³-hybridized carbons (Fsp3) is 0.346. The largest absolute Gasteiger partial charge is 0.422 e. The molecule has 6 nitrogen and oxygen atoms in total. The molecule has 0 aliphatic carbocycles. The van der Waals surface area contributed by atoms with Crippen LogP contribution in [0.2, 0.25) is 0 Å². The highest BCUT2D eigenvalue weighted by atomic mass is 16.4. The van der Waals surface area contributed by atoms with Crippen LogP contribution in [-0.2, 0) is 4.79 Å². The number of carbonyl (C=O) groups is 1. The molecule has 2 aliphatic rings. The summed E-state index contributed by atoms with van der Waals surface area (Å²) in [6.07, 6.45) is 2.81. The zero-order valence-corrected chi connectivity index (χ0v) is 18.2. The highest BCUT2D eigenvalue weighted by molar-refractivity contribution is 6.04. The molecule has 0 spiro atoms. The summed E-state index contributed by atoms with van der Waals surface area (Å²) in [4.78, 5) is 28.3. The molecule has 0 N–H and O–H groups in total. The minimum absolute atomic E-state index is 0.0341. The van der Waals surface area contributed by atoms with E-state index < -0.39 is 5.63 Å². The molecule has 2 aromatic carbocycles. The Kier molecular flexibility index (Phi) is 5.62. The normalized spacial score (nSPS) is 21.7. The van der Waals surface area contributed by atoms with Crippen LogP contribution in [0.15, 0.2) is 75.0 Å². The Hall–Kier alpha value is -3.25. The van der Waals surface area contributed by atoms with E-state index in [0.717, 1.165) is 30.5 Å². The molecule has 164 valence electrons. The van der Waals surface area contributed by atoms with E-state index in [-0.39, 0.29) is 11.9 Å². The molecule has 3 heterocycles. The smallest absolute Gasteiger partial charge is 0.345 e. The third-order valence-electron chi connectivity index (χ3n) is 6.40. The van der Waals surface area contributed by atoms with E-state index in [1.165, 1.54) is 6.42 Å². The molecule has 5 rings (SSSR count). The number of carbonyl (C=O) groups excluding carboxylic acids is 1. The predicted molar refractivity (Wildman–Crippen MR) is 125 cm³/mol. The summed E-state index contributed by atoms with van der Waals surface area (Å²) in [6.45, 7) is 4.44. The second kappa shape index (κ2) is 8.71. The maximum Gasteiger partial charge on any atom is 0.345 e. The molecular weight excluding hydrogens is 402 g/mol. The number of hydrogen-bond acceptors (Lipinski definition) is 5. The van der Waals surface area contributed by atoms with E-state index in [2.05, 4.69) is 16.9 Å². The molecule has 2 unspecified atom stereocenters. The zero-order valence-electron chi connectivity index (χ0n) is 18.2. The Labute approximate surface area is 187 Å². The average molecular weight is 430 g/mol. The summed E-state index contributed by atoms with van der Waals surface area (Å²) in [7, 11) is 0. The molecule has 2 aliphatic heterocycles. The van der Waals surface area contributed by atoms with Crippen molar-refractivity contribution in [2.45, 2.75) is 32.2 Å². The number of hydrogen-bond donors (Lipinski definition) is 0. The van der Waals surface area contributed by atoms with Crippen molar-refractivity contribution >= 4 is 22.6 Å². The van der Waals surface area contributed by atoms with Crippen molar-refractivity contribution in [1.29, 1.82) is 0 Å². The fourth-order valence-corrected chi connectivity index (χ4v) is 4.79. The number of hydrazone groups is 1. The Bertz CT molecular complexity index is 1220. The van der Waals surface area contributed by atoms with Gasteiger partial charge < -0.3 is 4.42 Å². The van der Waals surface area contributed by atoms with Crippen molar-refractivity contribution < 1.29 is 9.21 Å². The number of rotatable bonds is 4. The number of para-hydroxylation sites is 1. The lowest BCUT2D eigenvalue weighted by Crippen LogP contribution is -2.42. The van der Waals surface area contributed by atoms with Crippen LogP contribution < -0.4 is 5.63 Å². The minimum Gasteiger partial charge on any atom is -0.422 e. The molecule has 0 radical (unpaired) electrons. The van der Waals surface area contributed by atoms with Crippen LogP contribution in [0.3, 0.4) is 0 Å². The van der Waals surface area contributed by atoms with Gasteiger partial charge in [0.05, 0.1) is 23.9 Å². The standard InChI is InChI=1S/C26H27N3O3/c1-18-8-7-13-28(16-18)17-25(30)29-23(19-9-3-2-4-10-19)15-22(27-29)21-14-20-11-5-6-12-24(20)32-26(21)31/h2-6,9-12,14,18,23H,7-8,13,15-17H2,1H3. The van der Waals surface area contributed by atoms with Crippen LogP contribution >= 0.6 is 0 Å². The topological polar surface area (TPSA) is 66.1 Å².